The molecular weight excluding hydrogens is 453 g/mol. The molecule has 27 heavy (non-hydrogen) atoms. The van der Waals surface area contributed by atoms with Crippen LogP contribution >= 0.6 is 24.0 Å². The van der Waals surface area contributed by atoms with Crippen LogP contribution in [0.1, 0.15) is 29.3 Å². The van der Waals surface area contributed by atoms with Crippen LogP contribution in [-0.4, -0.2) is 75.5 Å². The highest BCUT2D eigenvalue weighted by Crippen LogP contribution is 2.14. The van der Waals surface area contributed by atoms with E-state index < -0.39 is 0 Å². The average Bonchev–Trinajstić information content (AvgIpc) is 3.04. The Bertz CT molecular complexity index is 620. The minimum Gasteiger partial charge on any atom is -0.357 e. The van der Waals surface area contributed by atoms with E-state index in [-0.39, 0.29) is 29.9 Å². The molecule has 1 unspecified atom stereocenters. The molecule has 0 saturated carbocycles. The molecule has 0 spiro atoms. The number of nitrogens with zero attached hydrogens (tertiary/aromatic N) is 3. The predicted octanol–water partition coefficient (Wildman–Crippen LogP) is 2.06. The van der Waals surface area contributed by atoms with Gasteiger partial charge in [0.15, 0.2) is 5.96 Å². The van der Waals surface area contributed by atoms with Gasteiger partial charge in [0.05, 0.1) is 0 Å². The highest BCUT2D eigenvalue weighted by molar-refractivity contribution is 14.0. The molecule has 7 heteroatoms. The van der Waals surface area contributed by atoms with Gasteiger partial charge in [0, 0.05) is 45.8 Å². The highest BCUT2D eigenvalue weighted by atomic mass is 127. The molecule has 0 bridgehead atoms. The summed E-state index contributed by atoms with van der Waals surface area (Å²) in [4.78, 5) is 20.8. The standard InChI is InChI=1S/C20H33N5O.HI/c1-5-21-20(23-14-17-10-12-25(4)15-17)22-11-9-16-7-6-8-18(13-16)19(26)24(2)3;/h6-8,13,17H,5,9-12,14-15H2,1-4H3,(H2,21,22,23);1H. The lowest BCUT2D eigenvalue weighted by Gasteiger charge is -2.14. The summed E-state index contributed by atoms with van der Waals surface area (Å²) >= 11 is 0. The third-order valence-corrected chi connectivity index (χ3v) is 4.63. The highest BCUT2D eigenvalue weighted by Gasteiger charge is 2.18. The van der Waals surface area contributed by atoms with Crippen molar-refractivity contribution in [3.05, 3.63) is 35.4 Å². The van der Waals surface area contributed by atoms with Crippen LogP contribution in [0, 0.1) is 5.92 Å². The Morgan fingerprint density at radius 2 is 2.11 bits per heavy atom. The molecule has 1 aromatic rings. The monoisotopic (exact) mass is 487 g/mol. The van der Waals surface area contributed by atoms with Crippen molar-refractivity contribution < 1.29 is 4.79 Å². The lowest BCUT2D eigenvalue weighted by atomic mass is 10.1. The Kier molecular flexibility index (Phi) is 10.7. The lowest BCUT2D eigenvalue weighted by molar-refractivity contribution is 0.0827. The summed E-state index contributed by atoms with van der Waals surface area (Å²) < 4.78 is 0. The molecule has 1 heterocycles. The first-order chi connectivity index (χ1) is 12.5. The number of carbonyl (C=O) groups excluding carboxylic acids is 1. The second kappa shape index (κ2) is 12.2. The summed E-state index contributed by atoms with van der Waals surface area (Å²) in [5.74, 6) is 1.57. The SMILES string of the molecule is CCNC(=NCC1CCN(C)C1)NCCc1cccc(C(=O)N(C)C)c1.I. The Morgan fingerprint density at radius 3 is 2.74 bits per heavy atom. The Labute approximate surface area is 180 Å². The molecule has 6 nitrogen and oxygen atoms in total. The normalized spacial score (nSPS) is 17.3. The molecule has 1 atom stereocenters. The maximum absolute atomic E-state index is 12.1. The fourth-order valence-corrected chi connectivity index (χ4v) is 3.18. The van der Waals surface area contributed by atoms with E-state index in [0.717, 1.165) is 49.7 Å². The zero-order chi connectivity index (χ0) is 18.9. The van der Waals surface area contributed by atoms with Crippen molar-refractivity contribution in [2.45, 2.75) is 19.8 Å². The number of hydrogen-bond donors (Lipinski definition) is 2. The van der Waals surface area contributed by atoms with Crippen LogP contribution in [0.15, 0.2) is 29.3 Å². The van der Waals surface area contributed by atoms with Gasteiger partial charge in [-0.25, -0.2) is 0 Å². The molecule has 1 fully saturated rings. The lowest BCUT2D eigenvalue weighted by Crippen LogP contribution is -2.38. The van der Waals surface area contributed by atoms with Gasteiger partial charge in [-0.2, -0.15) is 0 Å². The largest absolute Gasteiger partial charge is 0.357 e. The second-order valence-corrected chi connectivity index (χ2v) is 7.21. The molecule has 1 saturated heterocycles. The van der Waals surface area contributed by atoms with Gasteiger partial charge in [-0.05, 0) is 57.0 Å². The van der Waals surface area contributed by atoms with E-state index in [0.29, 0.717) is 5.92 Å². The number of likely N-dealkylation sites (tertiary alicyclic amines) is 1. The van der Waals surface area contributed by atoms with Crippen LogP contribution in [0.3, 0.4) is 0 Å². The number of guanidine groups is 1. The summed E-state index contributed by atoms with van der Waals surface area (Å²) in [5, 5.41) is 6.72. The van der Waals surface area contributed by atoms with E-state index >= 15 is 0 Å². The summed E-state index contributed by atoms with van der Waals surface area (Å²) in [7, 11) is 5.72. The smallest absolute Gasteiger partial charge is 0.253 e. The third kappa shape index (κ3) is 8.04. The first kappa shape index (κ1) is 23.7. The number of halogens is 1. The van der Waals surface area contributed by atoms with Crippen molar-refractivity contribution in [3.63, 3.8) is 0 Å². The molecule has 0 aromatic heterocycles. The van der Waals surface area contributed by atoms with Crippen molar-refractivity contribution in [1.82, 2.24) is 20.4 Å². The van der Waals surface area contributed by atoms with E-state index in [1.165, 1.54) is 13.0 Å². The Morgan fingerprint density at radius 1 is 1.33 bits per heavy atom. The molecular formula is C20H34IN5O. The van der Waals surface area contributed by atoms with Crippen LogP contribution < -0.4 is 10.6 Å². The van der Waals surface area contributed by atoms with Crippen LogP contribution in [-0.2, 0) is 6.42 Å². The molecule has 1 amide bonds. The molecule has 1 aliphatic heterocycles. The van der Waals surface area contributed by atoms with Crippen LogP contribution in [0.4, 0.5) is 0 Å². The maximum atomic E-state index is 12.1. The third-order valence-electron chi connectivity index (χ3n) is 4.63. The van der Waals surface area contributed by atoms with E-state index in [2.05, 4.69) is 35.6 Å². The van der Waals surface area contributed by atoms with Gasteiger partial charge < -0.3 is 20.4 Å². The molecule has 0 radical (unpaired) electrons. The van der Waals surface area contributed by atoms with Gasteiger partial charge in [0.2, 0.25) is 0 Å². The number of carbonyl (C=O) groups is 1. The van der Waals surface area contributed by atoms with Crippen LogP contribution in [0.25, 0.3) is 0 Å². The summed E-state index contributed by atoms with van der Waals surface area (Å²) in [5.41, 5.74) is 1.89. The molecule has 0 aliphatic carbocycles. The fourth-order valence-electron chi connectivity index (χ4n) is 3.18. The van der Waals surface area contributed by atoms with Crippen molar-refractivity contribution >= 4 is 35.8 Å². The summed E-state index contributed by atoms with van der Waals surface area (Å²) in [6.45, 7) is 6.89. The topological polar surface area (TPSA) is 60.0 Å². The van der Waals surface area contributed by atoms with E-state index in [1.54, 1.807) is 19.0 Å². The molecule has 2 N–H and O–H groups in total. The summed E-state index contributed by atoms with van der Waals surface area (Å²) in [6.07, 6.45) is 2.08. The quantitative estimate of drug-likeness (QED) is 0.351. The molecule has 152 valence electrons. The maximum Gasteiger partial charge on any atom is 0.253 e. The van der Waals surface area contributed by atoms with Crippen molar-refractivity contribution in [1.29, 1.82) is 0 Å². The number of nitrogens with one attached hydrogen (secondary N) is 2. The zero-order valence-electron chi connectivity index (χ0n) is 17.0. The molecule has 1 aliphatic rings. The molecule has 2 rings (SSSR count). The minimum absolute atomic E-state index is 0. The van der Waals surface area contributed by atoms with Gasteiger partial charge in [0.25, 0.3) is 5.91 Å². The first-order valence-corrected chi connectivity index (χ1v) is 9.51. The fraction of sp³-hybridized carbons (Fsp3) is 0.600. The van der Waals surface area contributed by atoms with Crippen molar-refractivity contribution in [2.75, 3.05) is 53.9 Å². The number of hydrogen-bond acceptors (Lipinski definition) is 3. The van der Waals surface area contributed by atoms with E-state index in [1.807, 2.05) is 18.2 Å². The van der Waals surface area contributed by atoms with E-state index in [9.17, 15) is 4.79 Å². The van der Waals surface area contributed by atoms with Gasteiger partial charge in [-0.1, -0.05) is 12.1 Å². The average molecular weight is 487 g/mol. The van der Waals surface area contributed by atoms with Crippen LogP contribution in [0.2, 0.25) is 0 Å². The predicted molar refractivity (Wildman–Crippen MR) is 123 cm³/mol. The minimum atomic E-state index is 0. The van der Waals surface area contributed by atoms with E-state index in [4.69, 9.17) is 4.99 Å². The molecule has 1 aromatic carbocycles. The number of aliphatic imine (C=N–C) groups is 1. The van der Waals surface area contributed by atoms with Crippen LogP contribution in [0.5, 0.6) is 0 Å². The van der Waals surface area contributed by atoms with Gasteiger partial charge in [0.1, 0.15) is 0 Å². The van der Waals surface area contributed by atoms with Crippen molar-refractivity contribution in [2.24, 2.45) is 10.9 Å². The van der Waals surface area contributed by atoms with Crippen molar-refractivity contribution in [3.8, 4) is 0 Å². The summed E-state index contributed by atoms with van der Waals surface area (Å²) in [6, 6.07) is 7.85. The van der Waals surface area contributed by atoms with Gasteiger partial charge in [-0.3, -0.25) is 9.79 Å². The Hall–Kier alpha value is -1.35. The van der Waals surface area contributed by atoms with Gasteiger partial charge >= 0.3 is 0 Å². The number of rotatable bonds is 7. The Balaban J connectivity index is 0.00000364. The van der Waals surface area contributed by atoms with Gasteiger partial charge in [-0.15, -0.1) is 24.0 Å². The first-order valence-electron chi connectivity index (χ1n) is 9.51. The zero-order valence-corrected chi connectivity index (χ0v) is 19.3. The number of benzene rings is 1. The number of amides is 1. The second-order valence-electron chi connectivity index (χ2n) is 7.21.